The van der Waals surface area contributed by atoms with Gasteiger partial charge in [-0.05, 0) is 86.0 Å². The number of esters is 1. The molecule has 5 N–H and O–H groups in total. The van der Waals surface area contributed by atoms with E-state index in [1.165, 1.54) is 0 Å². The molecule has 48 heavy (non-hydrogen) atoms. The fourth-order valence-corrected chi connectivity index (χ4v) is 9.44. The fourth-order valence-electron chi connectivity index (χ4n) is 9.44. The third-order valence-corrected chi connectivity index (χ3v) is 12.0. The highest BCUT2D eigenvalue weighted by Gasteiger charge is 2.68. The molecule has 12 heteroatoms. The molecular formula is C36H54N2O10. The highest BCUT2D eigenvalue weighted by atomic mass is 16.5. The van der Waals surface area contributed by atoms with Crippen LogP contribution < -0.4 is 10.6 Å². The smallest absolute Gasteiger partial charge is 0.326 e. The van der Waals surface area contributed by atoms with Crippen molar-refractivity contribution in [2.24, 2.45) is 40.4 Å². The fraction of sp³-hybridized carbons (Fsp3) is 0.778. The summed E-state index contributed by atoms with van der Waals surface area (Å²) >= 11 is 0. The van der Waals surface area contributed by atoms with E-state index >= 15 is 0 Å². The quantitative estimate of drug-likeness (QED) is 0.181. The predicted molar refractivity (Wildman–Crippen MR) is 174 cm³/mol. The Morgan fingerprint density at radius 1 is 1.00 bits per heavy atom. The van der Waals surface area contributed by atoms with Crippen LogP contribution in [0.1, 0.15) is 106 Å². The van der Waals surface area contributed by atoms with Gasteiger partial charge in [0.05, 0.1) is 12.5 Å². The van der Waals surface area contributed by atoms with Gasteiger partial charge in [-0.1, -0.05) is 47.1 Å². The number of allylic oxidation sites excluding steroid dienone is 1. The minimum Gasteiger partial charge on any atom is -0.480 e. The van der Waals surface area contributed by atoms with Gasteiger partial charge >= 0.3 is 11.9 Å². The van der Waals surface area contributed by atoms with Crippen molar-refractivity contribution in [3.8, 4) is 0 Å². The van der Waals surface area contributed by atoms with Crippen molar-refractivity contribution >= 4 is 35.3 Å². The Morgan fingerprint density at radius 3 is 2.31 bits per heavy atom. The summed E-state index contributed by atoms with van der Waals surface area (Å²) in [6.45, 7) is 10.4. The van der Waals surface area contributed by atoms with E-state index in [1.807, 2.05) is 20.8 Å². The second-order valence-corrected chi connectivity index (χ2v) is 15.9. The molecule has 12 nitrogen and oxygen atoms in total. The molecule has 0 saturated heterocycles. The Labute approximate surface area is 282 Å². The molecular weight excluding hydrogens is 620 g/mol. The van der Waals surface area contributed by atoms with Gasteiger partial charge in [-0.3, -0.25) is 24.0 Å². The van der Waals surface area contributed by atoms with Crippen molar-refractivity contribution in [3.05, 3.63) is 11.6 Å². The van der Waals surface area contributed by atoms with Gasteiger partial charge in [0.1, 0.15) is 17.7 Å². The lowest BCUT2D eigenvalue weighted by atomic mass is 9.45. The molecule has 4 rings (SSSR count). The highest BCUT2D eigenvalue weighted by molar-refractivity contribution is 5.93. The normalized spacial score (nSPS) is 33.9. The standard InChI is InChI=1S/C36H54N2O10/c1-19(2)15-25(33(45)46)37-32(44)31(20(3)4)38-28(42)9-10-29(43)48-18-27(41)36(47)14-12-24-23-8-7-21-16-22(39)11-13-34(21,5)30(23)26(40)17-35(24,36)6/h16,19-20,23-26,30-31,40,47H,7-15,17-18H2,1-6H3,(H,37,44)(H,38,42)(H,45,46). The molecule has 268 valence electrons. The van der Waals surface area contributed by atoms with Crippen LogP contribution in [0.5, 0.6) is 0 Å². The van der Waals surface area contributed by atoms with Gasteiger partial charge in [0.2, 0.25) is 17.6 Å². The highest BCUT2D eigenvalue weighted by Crippen LogP contribution is 2.67. The molecule has 9 unspecified atom stereocenters. The Morgan fingerprint density at radius 2 is 1.69 bits per heavy atom. The lowest BCUT2D eigenvalue weighted by Crippen LogP contribution is -2.62. The Kier molecular flexibility index (Phi) is 11.3. The van der Waals surface area contributed by atoms with Crippen LogP contribution in [0.3, 0.4) is 0 Å². The van der Waals surface area contributed by atoms with Crippen LogP contribution in [0.4, 0.5) is 0 Å². The predicted octanol–water partition coefficient (Wildman–Crippen LogP) is 2.87. The molecule has 2 amide bonds. The second-order valence-electron chi connectivity index (χ2n) is 15.9. The number of carboxylic acid groups (broad SMARTS) is 1. The summed E-state index contributed by atoms with van der Waals surface area (Å²) in [5.41, 5.74) is -1.90. The number of amides is 2. The molecule has 3 saturated carbocycles. The van der Waals surface area contributed by atoms with Crippen molar-refractivity contribution in [3.63, 3.8) is 0 Å². The van der Waals surface area contributed by atoms with Gasteiger partial charge in [0.15, 0.2) is 12.4 Å². The first kappa shape index (κ1) is 37.7. The number of hydrogen-bond donors (Lipinski definition) is 5. The largest absolute Gasteiger partial charge is 0.480 e. The first-order valence-corrected chi connectivity index (χ1v) is 17.5. The van der Waals surface area contributed by atoms with E-state index in [0.717, 1.165) is 18.4 Å². The molecule has 4 aliphatic rings. The van der Waals surface area contributed by atoms with Crippen LogP contribution in [-0.2, 0) is 33.5 Å². The van der Waals surface area contributed by atoms with Gasteiger partial charge in [-0.15, -0.1) is 0 Å². The molecule has 0 radical (unpaired) electrons. The maximum Gasteiger partial charge on any atom is 0.326 e. The molecule has 4 aliphatic carbocycles. The molecule has 0 spiro atoms. The number of rotatable bonds is 13. The molecule has 0 aromatic rings. The first-order valence-electron chi connectivity index (χ1n) is 17.5. The average Bonchev–Trinajstić information content (AvgIpc) is 3.27. The maximum atomic E-state index is 13.5. The molecule has 9 atom stereocenters. The third-order valence-electron chi connectivity index (χ3n) is 12.0. The zero-order valence-corrected chi connectivity index (χ0v) is 29.2. The minimum atomic E-state index is -1.79. The van der Waals surface area contributed by atoms with Crippen molar-refractivity contribution in [1.82, 2.24) is 10.6 Å². The van der Waals surface area contributed by atoms with Crippen molar-refractivity contribution in [1.29, 1.82) is 0 Å². The number of carbonyl (C=O) groups excluding carboxylic acids is 5. The minimum absolute atomic E-state index is 0.0162. The summed E-state index contributed by atoms with van der Waals surface area (Å²) in [4.78, 5) is 75.4. The lowest BCUT2D eigenvalue weighted by Gasteiger charge is -2.60. The summed E-state index contributed by atoms with van der Waals surface area (Å²) in [6.07, 6.45) is 4.21. The monoisotopic (exact) mass is 674 g/mol. The Bertz CT molecular complexity index is 1340. The van der Waals surface area contributed by atoms with Gasteiger partial charge in [0, 0.05) is 18.3 Å². The Balaban J connectivity index is 1.32. The van der Waals surface area contributed by atoms with E-state index in [9.17, 15) is 44.1 Å². The molecule has 0 aromatic heterocycles. The number of fused-ring (bicyclic) bond motifs is 5. The Hall–Kier alpha value is -3.12. The number of aliphatic hydroxyl groups excluding tert-OH is 1. The van der Waals surface area contributed by atoms with Crippen LogP contribution in [-0.4, -0.2) is 81.0 Å². The topological polar surface area (TPSA) is 196 Å². The summed E-state index contributed by atoms with van der Waals surface area (Å²) in [5, 5.41) is 38.0. The van der Waals surface area contributed by atoms with Crippen LogP contribution in [0, 0.1) is 40.4 Å². The van der Waals surface area contributed by atoms with E-state index in [-0.39, 0.29) is 72.9 Å². The first-order chi connectivity index (χ1) is 22.3. The van der Waals surface area contributed by atoms with E-state index < -0.39 is 65.3 Å². The number of carboxylic acids is 1. The average molecular weight is 675 g/mol. The lowest BCUT2D eigenvalue weighted by molar-refractivity contribution is -0.184. The zero-order valence-electron chi connectivity index (χ0n) is 29.2. The maximum absolute atomic E-state index is 13.5. The van der Waals surface area contributed by atoms with Crippen LogP contribution in [0.15, 0.2) is 11.6 Å². The van der Waals surface area contributed by atoms with E-state index in [2.05, 4.69) is 17.6 Å². The summed E-state index contributed by atoms with van der Waals surface area (Å²) in [6, 6.07) is -2.12. The number of aliphatic hydroxyl groups is 2. The number of nitrogens with one attached hydrogen (secondary N) is 2. The number of Topliss-reactive ketones (excluding diaryl/α,β-unsaturated/α-hetero) is 1. The van der Waals surface area contributed by atoms with Gasteiger partial charge in [-0.25, -0.2) is 4.79 Å². The van der Waals surface area contributed by atoms with E-state index in [4.69, 9.17) is 4.74 Å². The number of hydrogen-bond acceptors (Lipinski definition) is 9. The SMILES string of the molecule is CC(C)CC(NC(=O)C(NC(=O)CCC(=O)OCC(=O)C1(O)CCC2C3CCC4=CC(=O)CCC4(C)C3C(O)CC21C)C(C)C)C(=O)O. The molecule has 3 fully saturated rings. The van der Waals surface area contributed by atoms with Gasteiger partial charge < -0.3 is 30.7 Å². The van der Waals surface area contributed by atoms with E-state index in [1.54, 1.807) is 19.9 Å². The summed E-state index contributed by atoms with van der Waals surface area (Å²) in [7, 11) is 0. The van der Waals surface area contributed by atoms with Crippen molar-refractivity contribution in [2.45, 2.75) is 130 Å². The van der Waals surface area contributed by atoms with Crippen molar-refractivity contribution in [2.75, 3.05) is 6.61 Å². The van der Waals surface area contributed by atoms with Crippen LogP contribution in [0.2, 0.25) is 0 Å². The molecule has 0 bridgehead atoms. The summed E-state index contributed by atoms with van der Waals surface area (Å²) in [5.74, 6) is -4.07. The van der Waals surface area contributed by atoms with Gasteiger partial charge in [0.25, 0.3) is 0 Å². The molecule has 0 heterocycles. The molecule has 0 aliphatic heterocycles. The molecule has 0 aromatic carbocycles. The third kappa shape index (κ3) is 7.25. The van der Waals surface area contributed by atoms with Crippen molar-refractivity contribution < 1.29 is 48.8 Å². The van der Waals surface area contributed by atoms with Gasteiger partial charge in [-0.2, -0.15) is 0 Å². The second kappa shape index (κ2) is 14.4. The van der Waals surface area contributed by atoms with Crippen LogP contribution >= 0.6 is 0 Å². The summed E-state index contributed by atoms with van der Waals surface area (Å²) < 4.78 is 5.23. The van der Waals surface area contributed by atoms with E-state index in [0.29, 0.717) is 19.3 Å². The number of ether oxygens (including phenoxy) is 1. The number of ketones is 2. The zero-order chi connectivity index (χ0) is 35.8. The number of aliphatic carboxylic acids is 1. The van der Waals surface area contributed by atoms with Crippen LogP contribution in [0.25, 0.3) is 0 Å². The number of carbonyl (C=O) groups is 6.